The van der Waals surface area contributed by atoms with E-state index in [1.807, 2.05) is 52.0 Å². The number of rotatable bonds is 4. The van der Waals surface area contributed by atoms with Gasteiger partial charge in [0, 0.05) is 32.1 Å². The lowest BCUT2D eigenvalue weighted by atomic mass is 10.1. The summed E-state index contributed by atoms with van der Waals surface area (Å²) in [6, 6.07) is 7.46. The number of anilines is 1. The number of amides is 1. The van der Waals surface area contributed by atoms with Crippen LogP contribution in [0.15, 0.2) is 29.1 Å². The van der Waals surface area contributed by atoms with Crippen LogP contribution in [0.25, 0.3) is 0 Å². The van der Waals surface area contributed by atoms with Gasteiger partial charge >= 0.3 is 6.09 Å². The van der Waals surface area contributed by atoms with E-state index >= 15 is 0 Å². The highest BCUT2D eigenvalue weighted by atomic mass is 35.5. The second kappa shape index (κ2) is 8.78. The van der Waals surface area contributed by atoms with Gasteiger partial charge in [-0.3, -0.25) is 4.79 Å². The molecular formula is C22H30ClN5O3. The molecule has 0 aliphatic carbocycles. The molecule has 1 aromatic carbocycles. The molecule has 0 unspecified atom stereocenters. The molecule has 1 amide bonds. The van der Waals surface area contributed by atoms with E-state index in [0.29, 0.717) is 35.2 Å². The second-order valence-electron chi connectivity index (χ2n) is 8.89. The standard InChI is InChI=1S/C22H30ClN5O3/c1-14(15-7-9-16(23)10-8-15)24-20-25-18-11-12-27(21(30)31-22(2,3)4)13-17(18)19(29)28(20)26(5)6/h7-10,14H,11-13H2,1-6H3,(H,24,25)/t14-/m0/s1. The molecule has 0 fully saturated rings. The third kappa shape index (κ3) is 5.31. The number of carbonyl (C=O) groups is 1. The van der Waals surface area contributed by atoms with Crippen LogP contribution in [-0.4, -0.2) is 46.9 Å². The Balaban J connectivity index is 1.91. The molecule has 0 radical (unpaired) electrons. The summed E-state index contributed by atoms with van der Waals surface area (Å²) in [5.74, 6) is 0.460. The van der Waals surface area contributed by atoms with E-state index in [0.717, 1.165) is 5.56 Å². The number of hydrogen-bond donors (Lipinski definition) is 1. The number of aromatic nitrogens is 2. The van der Waals surface area contributed by atoms with E-state index in [2.05, 4.69) is 5.32 Å². The van der Waals surface area contributed by atoms with Crippen molar-refractivity contribution in [2.45, 2.75) is 52.3 Å². The normalized spacial score (nSPS) is 14.6. The van der Waals surface area contributed by atoms with Crippen molar-refractivity contribution in [3.63, 3.8) is 0 Å². The molecule has 0 bridgehead atoms. The third-order valence-electron chi connectivity index (χ3n) is 4.98. The lowest BCUT2D eigenvalue weighted by Gasteiger charge is -2.32. The molecule has 2 aromatic rings. The maximum Gasteiger partial charge on any atom is 0.410 e. The molecule has 1 aliphatic rings. The topological polar surface area (TPSA) is 79.7 Å². The van der Waals surface area contributed by atoms with Crippen LogP contribution < -0.4 is 15.9 Å². The van der Waals surface area contributed by atoms with Crippen LogP contribution in [0.3, 0.4) is 0 Å². The van der Waals surface area contributed by atoms with Gasteiger partial charge < -0.3 is 20.0 Å². The van der Waals surface area contributed by atoms with E-state index in [4.69, 9.17) is 21.3 Å². The maximum absolute atomic E-state index is 13.3. The lowest BCUT2D eigenvalue weighted by Crippen LogP contribution is -2.46. The van der Waals surface area contributed by atoms with E-state index in [9.17, 15) is 9.59 Å². The predicted octanol–water partition coefficient (Wildman–Crippen LogP) is 3.56. The fourth-order valence-corrected chi connectivity index (χ4v) is 3.57. The number of benzene rings is 1. The van der Waals surface area contributed by atoms with Crippen molar-refractivity contribution >= 4 is 23.6 Å². The number of nitrogens with zero attached hydrogens (tertiary/aromatic N) is 4. The van der Waals surface area contributed by atoms with Crippen LogP contribution in [-0.2, 0) is 17.7 Å². The summed E-state index contributed by atoms with van der Waals surface area (Å²) < 4.78 is 6.96. The largest absolute Gasteiger partial charge is 0.444 e. The van der Waals surface area contributed by atoms with Crippen molar-refractivity contribution in [2.75, 3.05) is 31.0 Å². The summed E-state index contributed by atoms with van der Waals surface area (Å²) in [4.78, 5) is 32.1. The first-order valence-corrected chi connectivity index (χ1v) is 10.7. The predicted molar refractivity (Wildman–Crippen MR) is 122 cm³/mol. The average Bonchev–Trinajstić information content (AvgIpc) is 2.66. The minimum atomic E-state index is -0.592. The molecule has 2 heterocycles. The van der Waals surface area contributed by atoms with Gasteiger partial charge in [0.05, 0.1) is 23.8 Å². The Kier molecular flexibility index (Phi) is 6.50. The molecule has 0 spiro atoms. The Morgan fingerprint density at radius 1 is 1.26 bits per heavy atom. The highest BCUT2D eigenvalue weighted by Crippen LogP contribution is 2.23. The Bertz CT molecular complexity index is 1010. The van der Waals surface area contributed by atoms with Gasteiger partial charge in [0.1, 0.15) is 5.60 Å². The van der Waals surface area contributed by atoms with E-state index in [1.54, 1.807) is 24.0 Å². The van der Waals surface area contributed by atoms with Gasteiger partial charge in [0.25, 0.3) is 5.56 Å². The lowest BCUT2D eigenvalue weighted by molar-refractivity contribution is 0.0221. The number of halogens is 1. The quantitative estimate of drug-likeness (QED) is 0.771. The van der Waals surface area contributed by atoms with Crippen molar-refractivity contribution in [1.82, 2.24) is 14.6 Å². The Hall–Kier alpha value is -2.74. The molecule has 0 saturated carbocycles. The first kappa shape index (κ1) is 22.9. The van der Waals surface area contributed by atoms with Crippen molar-refractivity contribution in [2.24, 2.45) is 0 Å². The zero-order valence-electron chi connectivity index (χ0n) is 18.9. The molecule has 3 rings (SSSR count). The Labute approximate surface area is 187 Å². The fourth-order valence-electron chi connectivity index (χ4n) is 3.44. The van der Waals surface area contributed by atoms with Gasteiger partial charge in [-0.25, -0.2) is 9.78 Å². The first-order chi connectivity index (χ1) is 14.5. The number of ether oxygens (including phenoxy) is 1. The molecule has 1 aromatic heterocycles. The number of hydrogen-bond acceptors (Lipinski definition) is 6. The molecule has 168 valence electrons. The van der Waals surface area contributed by atoms with Crippen molar-refractivity contribution < 1.29 is 9.53 Å². The molecule has 1 N–H and O–H groups in total. The molecule has 31 heavy (non-hydrogen) atoms. The molecular weight excluding hydrogens is 418 g/mol. The molecule has 8 nitrogen and oxygen atoms in total. The van der Waals surface area contributed by atoms with Crippen molar-refractivity contribution in [3.05, 3.63) is 56.5 Å². The molecule has 9 heteroatoms. The minimum Gasteiger partial charge on any atom is -0.444 e. The minimum absolute atomic E-state index is 0.0877. The summed E-state index contributed by atoms with van der Waals surface area (Å²) in [5, 5.41) is 5.69. The second-order valence-corrected chi connectivity index (χ2v) is 9.33. The summed E-state index contributed by atoms with van der Waals surface area (Å²) in [5.41, 5.74) is 1.45. The van der Waals surface area contributed by atoms with Gasteiger partial charge in [0.15, 0.2) is 0 Å². The van der Waals surface area contributed by atoms with Gasteiger partial charge in [-0.1, -0.05) is 23.7 Å². The van der Waals surface area contributed by atoms with E-state index in [-0.39, 0.29) is 18.1 Å². The molecule has 0 saturated heterocycles. The third-order valence-corrected chi connectivity index (χ3v) is 5.23. The van der Waals surface area contributed by atoms with Gasteiger partial charge in [0.2, 0.25) is 5.95 Å². The maximum atomic E-state index is 13.3. The van der Waals surface area contributed by atoms with Crippen LogP contribution in [0.5, 0.6) is 0 Å². The monoisotopic (exact) mass is 447 g/mol. The van der Waals surface area contributed by atoms with Crippen molar-refractivity contribution in [3.8, 4) is 0 Å². The van der Waals surface area contributed by atoms with Gasteiger partial charge in [-0.15, -0.1) is 0 Å². The summed E-state index contributed by atoms with van der Waals surface area (Å²) in [6.45, 7) is 8.10. The highest BCUT2D eigenvalue weighted by molar-refractivity contribution is 6.30. The smallest absolute Gasteiger partial charge is 0.410 e. The SMILES string of the molecule is C[C@H](Nc1nc2c(c(=O)n1N(C)C)CN(C(=O)OC(C)(C)C)CC2)c1ccc(Cl)cc1. The van der Waals surface area contributed by atoms with Crippen LogP contribution in [0, 0.1) is 0 Å². The molecule has 1 atom stereocenters. The first-order valence-electron chi connectivity index (χ1n) is 10.3. The summed E-state index contributed by atoms with van der Waals surface area (Å²) in [7, 11) is 3.56. The number of carbonyl (C=O) groups excluding carboxylic acids is 1. The fraction of sp³-hybridized carbons (Fsp3) is 0.500. The van der Waals surface area contributed by atoms with Crippen LogP contribution in [0.4, 0.5) is 10.7 Å². The summed E-state index contributed by atoms with van der Waals surface area (Å²) in [6.07, 6.45) is 0.0646. The van der Waals surface area contributed by atoms with E-state index < -0.39 is 11.7 Å². The molecule has 1 aliphatic heterocycles. The van der Waals surface area contributed by atoms with Gasteiger partial charge in [-0.2, -0.15) is 4.68 Å². The highest BCUT2D eigenvalue weighted by Gasteiger charge is 2.30. The summed E-state index contributed by atoms with van der Waals surface area (Å²) >= 11 is 5.99. The Morgan fingerprint density at radius 2 is 1.90 bits per heavy atom. The number of nitrogens with one attached hydrogen (secondary N) is 1. The number of fused-ring (bicyclic) bond motifs is 1. The van der Waals surface area contributed by atoms with Crippen LogP contribution >= 0.6 is 11.6 Å². The zero-order chi connectivity index (χ0) is 22.9. The zero-order valence-corrected chi connectivity index (χ0v) is 19.7. The van der Waals surface area contributed by atoms with Crippen LogP contribution in [0.1, 0.15) is 50.6 Å². The van der Waals surface area contributed by atoms with Gasteiger partial charge in [-0.05, 0) is 45.4 Å². The van der Waals surface area contributed by atoms with Crippen LogP contribution in [0.2, 0.25) is 5.02 Å². The van der Waals surface area contributed by atoms with Crippen molar-refractivity contribution in [1.29, 1.82) is 0 Å². The Morgan fingerprint density at radius 3 is 2.48 bits per heavy atom. The van der Waals surface area contributed by atoms with E-state index in [1.165, 1.54) is 4.68 Å². The average molecular weight is 448 g/mol.